The van der Waals surface area contributed by atoms with E-state index in [2.05, 4.69) is 46.4 Å². The molecule has 1 saturated heterocycles. The Kier molecular flexibility index (Phi) is 6.03. The van der Waals surface area contributed by atoms with E-state index in [4.69, 9.17) is 0 Å². The number of hydrogen-bond acceptors (Lipinski definition) is 3. The lowest BCUT2D eigenvalue weighted by Gasteiger charge is -2.36. The van der Waals surface area contributed by atoms with Crippen molar-refractivity contribution in [2.75, 3.05) is 36.4 Å². The number of carbonyl (C=O) groups is 2. The van der Waals surface area contributed by atoms with E-state index in [1.807, 2.05) is 49.1 Å². The van der Waals surface area contributed by atoms with Crippen LogP contribution in [0.1, 0.15) is 37.5 Å². The van der Waals surface area contributed by atoms with E-state index in [0.29, 0.717) is 30.0 Å². The number of nitrogens with zero attached hydrogens (tertiary/aromatic N) is 2. The van der Waals surface area contributed by atoms with Crippen LogP contribution in [0.25, 0.3) is 10.9 Å². The molecule has 1 aliphatic rings. The maximum atomic E-state index is 13.7. The number of aromatic nitrogens is 1. The standard InChI is InChI=1S/C29H30N4O2/c1-19-7-10-22(11-8-19)28(34)31-26-24-18-21(3)9-12-25(24)30-27(26)29(35)33-15-13-32(14-16-33)23-6-4-5-20(2)17-23/h4-12,17-18,30H,13-16H2,1-3H3,(H,31,34). The topological polar surface area (TPSA) is 68.4 Å². The quantitative estimate of drug-likeness (QED) is 0.428. The first-order chi connectivity index (χ1) is 16.9. The minimum absolute atomic E-state index is 0.0954. The highest BCUT2D eigenvalue weighted by Gasteiger charge is 2.27. The number of H-pyrrole nitrogens is 1. The number of anilines is 2. The van der Waals surface area contributed by atoms with Gasteiger partial charge in [-0.3, -0.25) is 9.59 Å². The first-order valence-electron chi connectivity index (χ1n) is 12.0. The summed E-state index contributed by atoms with van der Waals surface area (Å²) in [6, 6.07) is 21.8. The maximum Gasteiger partial charge on any atom is 0.272 e. The van der Waals surface area contributed by atoms with Gasteiger partial charge in [0.2, 0.25) is 0 Å². The fourth-order valence-electron chi connectivity index (χ4n) is 4.64. The van der Waals surface area contributed by atoms with Crippen LogP contribution in [-0.2, 0) is 0 Å². The summed E-state index contributed by atoms with van der Waals surface area (Å²) in [5.41, 5.74) is 6.92. The molecule has 3 aromatic carbocycles. The number of rotatable bonds is 4. The summed E-state index contributed by atoms with van der Waals surface area (Å²) in [6.45, 7) is 8.84. The molecule has 0 radical (unpaired) electrons. The molecule has 2 amide bonds. The smallest absolute Gasteiger partial charge is 0.272 e. The average molecular weight is 467 g/mol. The Balaban J connectivity index is 1.41. The fourth-order valence-corrected chi connectivity index (χ4v) is 4.64. The number of aryl methyl sites for hydroxylation is 3. The van der Waals surface area contributed by atoms with E-state index in [1.54, 1.807) is 12.1 Å². The monoisotopic (exact) mass is 466 g/mol. The van der Waals surface area contributed by atoms with Crippen LogP contribution in [0.5, 0.6) is 0 Å². The van der Waals surface area contributed by atoms with Gasteiger partial charge < -0.3 is 20.1 Å². The van der Waals surface area contributed by atoms with Crippen LogP contribution in [0, 0.1) is 20.8 Å². The van der Waals surface area contributed by atoms with Gasteiger partial charge in [0.25, 0.3) is 11.8 Å². The molecular weight excluding hydrogens is 436 g/mol. The van der Waals surface area contributed by atoms with Crippen molar-refractivity contribution in [3.05, 3.63) is 94.7 Å². The van der Waals surface area contributed by atoms with Gasteiger partial charge in [0.05, 0.1) is 5.69 Å². The number of piperazine rings is 1. The summed E-state index contributed by atoms with van der Waals surface area (Å²) in [5, 5.41) is 3.87. The molecule has 2 N–H and O–H groups in total. The Morgan fingerprint density at radius 2 is 1.49 bits per heavy atom. The summed E-state index contributed by atoms with van der Waals surface area (Å²) >= 11 is 0. The number of hydrogen-bond donors (Lipinski definition) is 2. The molecule has 0 atom stereocenters. The average Bonchev–Trinajstić information content (AvgIpc) is 3.21. The Labute approximate surface area is 205 Å². The highest BCUT2D eigenvalue weighted by atomic mass is 16.2. The molecule has 35 heavy (non-hydrogen) atoms. The second-order valence-corrected chi connectivity index (χ2v) is 9.36. The molecule has 1 aliphatic heterocycles. The molecule has 0 saturated carbocycles. The minimum Gasteiger partial charge on any atom is -0.368 e. The van der Waals surface area contributed by atoms with Crippen LogP contribution in [-0.4, -0.2) is 47.9 Å². The highest BCUT2D eigenvalue weighted by molar-refractivity contribution is 6.15. The maximum absolute atomic E-state index is 13.7. The molecule has 1 fully saturated rings. The molecule has 2 heterocycles. The summed E-state index contributed by atoms with van der Waals surface area (Å²) in [6.07, 6.45) is 0. The lowest BCUT2D eigenvalue weighted by molar-refractivity contribution is 0.0743. The fraction of sp³-hybridized carbons (Fsp3) is 0.241. The van der Waals surface area contributed by atoms with Gasteiger partial charge in [-0.2, -0.15) is 0 Å². The molecule has 0 unspecified atom stereocenters. The summed E-state index contributed by atoms with van der Waals surface area (Å²) in [7, 11) is 0. The van der Waals surface area contributed by atoms with Crippen LogP contribution in [0.3, 0.4) is 0 Å². The first kappa shape index (κ1) is 22.7. The van der Waals surface area contributed by atoms with Crippen molar-refractivity contribution in [2.45, 2.75) is 20.8 Å². The van der Waals surface area contributed by atoms with Crippen molar-refractivity contribution in [3.63, 3.8) is 0 Å². The molecule has 0 bridgehead atoms. The molecular formula is C29H30N4O2. The Bertz CT molecular complexity index is 1400. The van der Waals surface area contributed by atoms with Crippen LogP contribution in [0.15, 0.2) is 66.7 Å². The van der Waals surface area contributed by atoms with Gasteiger partial charge in [-0.05, 0) is 62.7 Å². The van der Waals surface area contributed by atoms with Gasteiger partial charge in [-0.25, -0.2) is 0 Å². The van der Waals surface area contributed by atoms with E-state index < -0.39 is 0 Å². The van der Waals surface area contributed by atoms with Crippen molar-refractivity contribution in [1.29, 1.82) is 0 Å². The summed E-state index contributed by atoms with van der Waals surface area (Å²) in [5.74, 6) is -0.326. The van der Waals surface area contributed by atoms with E-state index in [9.17, 15) is 9.59 Å². The van der Waals surface area contributed by atoms with Crippen LogP contribution >= 0.6 is 0 Å². The van der Waals surface area contributed by atoms with Crippen LogP contribution < -0.4 is 10.2 Å². The second kappa shape index (κ2) is 9.29. The molecule has 178 valence electrons. The van der Waals surface area contributed by atoms with E-state index >= 15 is 0 Å². The normalized spacial score (nSPS) is 13.8. The minimum atomic E-state index is -0.231. The van der Waals surface area contributed by atoms with Crippen molar-refractivity contribution < 1.29 is 9.59 Å². The van der Waals surface area contributed by atoms with Gasteiger partial charge in [-0.1, -0.05) is 41.5 Å². The number of nitrogens with one attached hydrogen (secondary N) is 2. The van der Waals surface area contributed by atoms with Crippen molar-refractivity contribution in [3.8, 4) is 0 Å². The van der Waals surface area contributed by atoms with E-state index in [1.165, 1.54) is 11.3 Å². The molecule has 1 aromatic heterocycles. The molecule has 5 rings (SSSR count). The van der Waals surface area contributed by atoms with Crippen molar-refractivity contribution >= 4 is 34.1 Å². The first-order valence-corrected chi connectivity index (χ1v) is 12.0. The number of benzene rings is 3. The van der Waals surface area contributed by atoms with Crippen LogP contribution in [0.4, 0.5) is 11.4 Å². The van der Waals surface area contributed by atoms with Crippen molar-refractivity contribution in [2.24, 2.45) is 0 Å². The number of aromatic amines is 1. The zero-order valence-corrected chi connectivity index (χ0v) is 20.4. The molecule has 0 aliphatic carbocycles. The predicted octanol–water partition coefficient (Wildman–Crippen LogP) is 5.31. The lowest BCUT2D eigenvalue weighted by atomic mass is 10.1. The van der Waals surface area contributed by atoms with E-state index in [0.717, 1.165) is 35.1 Å². The third kappa shape index (κ3) is 4.64. The van der Waals surface area contributed by atoms with Gasteiger partial charge in [0, 0.05) is 48.3 Å². The SMILES string of the molecule is Cc1ccc(C(=O)Nc2c(C(=O)N3CCN(c4cccc(C)c4)CC3)[nH]c3ccc(C)cc23)cc1. The number of fused-ring (bicyclic) bond motifs is 1. The molecule has 6 nitrogen and oxygen atoms in total. The van der Waals surface area contributed by atoms with Crippen LogP contribution in [0.2, 0.25) is 0 Å². The van der Waals surface area contributed by atoms with Gasteiger partial charge in [-0.15, -0.1) is 0 Å². The molecule has 0 spiro atoms. The Hall–Kier alpha value is -4.06. The van der Waals surface area contributed by atoms with Gasteiger partial charge in [0.15, 0.2) is 0 Å². The van der Waals surface area contributed by atoms with Gasteiger partial charge >= 0.3 is 0 Å². The second-order valence-electron chi connectivity index (χ2n) is 9.36. The zero-order valence-electron chi connectivity index (χ0n) is 20.4. The number of carbonyl (C=O) groups excluding carboxylic acids is 2. The molecule has 6 heteroatoms. The summed E-state index contributed by atoms with van der Waals surface area (Å²) < 4.78 is 0. The largest absolute Gasteiger partial charge is 0.368 e. The lowest BCUT2D eigenvalue weighted by Crippen LogP contribution is -2.49. The van der Waals surface area contributed by atoms with E-state index in [-0.39, 0.29) is 11.8 Å². The Morgan fingerprint density at radius 3 is 2.20 bits per heavy atom. The van der Waals surface area contributed by atoms with Gasteiger partial charge in [0.1, 0.15) is 5.69 Å². The third-order valence-electron chi connectivity index (χ3n) is 6.65. The third-order valence-corrected chi connectivity index (χ3v) is 6.65. The predicted molar refractivity (Wildman–Crippen MR) is 141 cm³/mol. The molecule has 4 aromatic rings. The summed E-state index contributed by atoms with van der Waals surface area (Å²) in [4.78, 5) is 34.2. The zero-order chi connectivity index (χ0) is 24.5. The van der Waals surface area contributed by atoms with Crippen molar-refractivity contribution in [1.82, 2.24) is 9.88 Å². The highest BCUT2D eigenvalue weighted by Crippen LogP contribution is 2.31. The Morgan fingerprint density at radius 1 is 0.800 bits per heavy atom. The number of amides is 2.